The van der Waals surface area contributed by atoms with E-state index in [0.717, 1.165) is 0 Å². The van der Waals surface area contributed by atoms with Gasteiger partial charge in [0.05, 0.1) is 27.7 Å². The Labute approximate surface area is 128 Å². The van der Waals surface area contributed by atoms with E-state index in [1.807, 2.05) is 0 Å². The van der Waals surface area contributed by atoms with E-state index < -0.39 is 15.8 Å². The van der Waals surface area contributed by atoms with E-state index in [1.165, 1.54) is 18.2 Å². The second kappa shape index (κ2) is 5.79. The number of halogens is 2. The summed E-state index contributed by atoms with van der Waals surface area (Å²) in [5, 5.41) is 0.496. The third-order valence-corrected chi connectivity index (χ3v) is 4.93. The highest BCUT2D eigenvalue weighted by Crippen LogP contribution is 2.25. The van der Waals surface area contributed by atoms with Crippen LogP contribution in [0.25, 0.3) is 0 Å². The van der Waals surface area contributed by atoms with Gasteiger partial charge in [-0.05, 0) is 32.0 Å². The fourth-order valence-corrected chi connectivity index (χ4v) is 3.25. The van der Waals surface area contributed by atoms with Gasteiger partial charge in [0.1, 0.15) is 0 Å². The molecule has 0 aromatic heterocycles. The van der Waals surface area contributed by atoms with E-state index in [9.17, 15) is 8.42 Å². The smallest absolute Gasteiger partial charge is 0.240 e. The van der Waals surface area contributed by atoms with Gasteiger partial charge in [-0.25, -0.2) is 13.1 Å². The monoisotopic (exact) mass is 339 g/mol. The molecular weight excluding hydrogens is 325 g/mol. The maximum atomic E-state index is 12.1. The van der Waals surface area contributed by atoms with E-state index in [2.05, 4.69) is 4.72 Å². The molecule has 1 heterocycles. The molecule has 0 radical (unpaired) electrons. The molecule has 1 N–H and O–H groups in total. The molecule has 8 heteroatoms. The quantitative estimate of drug-likeness (QED) is 0.914. The highest BCUT2D eigenvalue weighted by atomic mass is 35.5. The Kier molecular flexibility index (Phi) is 4.63. The van der Waals surface area contributed by atoms with Crippen LogP contribution in [0.1, 0.15) is 13.8 Å². The van der Waals surface area contributed by atoms with Crippen LogP contribution in [0, 0.1) is 0 Å². The minimum absolute atomic E-state index is 0.0603. The van der Waals surface area contributed by atoms with Crippen molar-refractivity contribution in [2.24, 2.45) is 0 Å². The molecule has 0 spiro atoms. The first-order valence-electron chi connectivity index (χ1n) is 5.96. The topological polar surface area (TPSA) is 64.6 Å². The van der Waals surface area contributed by atoms with Crippen LogP contribution in [-0.4, -0.2) is 33.5 Å². The van der Waals surface area contributed by atoms with Crippen molar-refractivity contribution >= 4 is 33.2 Å². The molecule has 1 atom stereocenters. The van der Waals surface area contributed by atoms with E-state index >= 15 is 0 Å². The molecule has 0 bridgehead atoms. The number of hydrogen-bond donors (Lipinski definition) is 1. The first kappa shape index (κ1) is 16.0. The van der Waals surface area contributed by atoms with Crippen LogP contribution in [0.2, 0.25) is 10.0 Å². The Morgan fingerprint density at radius 3 is 2.60 bits per heavy atom. The predicted octanol–water partition coefficient (Wildman–Crippen LogP) is 2.42. The van der Waals surface area contributed by atoms with Gasteiger partial charge in [0, 0.05) is 6.54 Å². The summed E-state index contributed by atoms with van der Waals surface area (Å²) >= 11 is 11.6. The molecule has 1 unspecified atom stereocenters. The van der Waals surface area contributed by atoms with Crippen LogP contribution in [0.15, 0.2) is 23.1 Å². The van der Waals surface area contributed by atoms with Gasteiger partial charge in [0.25, 0.3) is 0 Å². The summed E-state index contributed by atoms with van der Waals surface area (Å²) in [4.78, 5) is 0.0603. The van der Waals surface area contributed by atoms with Crippen LogP contribution in [-0.2, 0) is 19.5 Å². The molecule has 20 heavy (non-hydrogen) atoms. The maximum Gasteiger partial charge on any atom is 0.240 e. The summed E-state index contributed by atoms with van der Waals surface area (Å²) in [6.07, 6.45) is -0.317. The lowest BCUT2D eigenvalue weighted by molar-refractivity contribution is -0.137. The van der Waals surface area contributed by atoms with Crippen molar-refractivity contribution < 1.29 is 17.9 Å². The van der Waals surface area contributed by atoms with Crippen molar-refractivity contribution in [3.8, 4) is 0 Å². The number of nitrogens with one attached hydrogen (secondary N) is 1. The highest BCUT2D eigenvalue weighted by Gasteiger charge is 2.33. The van der Waals surface area contributed by atoms with Gasteiger partial charge in [-0.3, -0.25) is 0 Å². The number of hydrogen-bond acceptors (Lipinski definition) is 4. The summed E-state index contributed by atoms with van der Waals surface area (Å²) in [6.45, 7) is 4.03. The minimum atomic E-state index is -3.65. The van der Waals surface area contributed by atoms with Crippen LogP contribution in [0.5, 0.6) is 0 Å². The molecule has 1 aliphatic heterocycles. The maximum absolute atomic E-state index is 12.1. The van der Waals surface area contributed by atoms with Gasteiger partial charge in [0.2, 0.25) is 10.0 Å². The molecule has 0 aliphatic carbocycles. The fourth-order valence-electron chi connectivity index (χ4n) is 1.79. The molecule has 0 saturated carbocycles. The average molecular weight is 340 g/mol. The summed E-state index contributed by atoms with van der Waals surface area (Å²) in [6, 6.07) is 4.14. The van der Waals surface area contributed by atoms with E-state index in [0.29, 0.717) is 11.6 Å². The summed E-state index contributed by atoms with van der Waals surface area (Å²) in [5.74, 6) is -0.681. The summed E-state index contributed by atoms with van der Waals surface area (Å²) in [5.41, 5.74) is 0. The number of rotatable bonds is 4. The lowest BCUT2D eigenvalue weighted by atomic mass is 10.4. The van der Waals surface area contributed by atoms with Crippen molar-refractivity contribution in [2.75, 3.05) is 13.2 Å². The molecule has 5 nitrogen and oxygen atoms in total. The second-order valence-electron chi connectivity index (χ2n) is 4.88. The molecule has 1 saturated heterocycles. The predicted molar refractivity (Wildman–Crippen MR) is 76.6 cm³/mol. The van der Waals surface area contributed by atoms with Gasteiger partial charge in [-0.1, -0.05) is 23.2 Å². The summed E-state index contributed by atoms with van der Waals surface area (Å²) < 4.78 is 37.6. The Morgan fingerprint density at radius 1 is 1.35 bits per heavy atom. The van der Waals surface area contributed by atoms with E-state index in [1.54, 1.807) is 13.8 Å². The SMILES string of the molecule is CC1(C)OCC(CNS(=O)(=O)c2ccc(Cl)c(Cl)c2)O1. The van der Waals surface area contributed by atoms with Crippen molar-refractivity contribution in [3.05, 3.63) is 28.2 Å². The number of ether oxygens (including phenoxy) is 2. The molecule has 2 rings (SSSR count). The molecule has 0 amide bonds. The zero-order chi connectivity index (χ0) is 15.0. The van der Waals surface area contributed by atoms with Crippen LogP contribution in [0.3, 0.4) is 0 Å². The van der Waals surface area contributed by atoms with Crippen molar-refractivity contribution in [1.82, 2.24) is 4.72 Å². The first-order valence-corrected chi connectivity index (χ1v) is 8.20. The largest absolute Gasteiger partial charge is 0.348 e. The van der Waals surface area contributed by atoms with Crippen LogP contribution < -0.4 is 4.72 Å². The Balaban J connectivity index is 2.03. The first-order chi connectivity index (χ1) is 9.20. The zero-order valence-corrected chi connectivity index (χ0v) is 13.3. The zero-order valence-electron chi connectivity index (χ0n) is 11.0. The average Bonchev–Trinajstić information content (AvgIpc) is 2.70. The van der Waals surface area contributed by atoms with Crippen LogP contribution in [0.4, 0.5) is 0 Å². The second-order valence-corrected chi connectivity index (χ2v) is 7.46. The fraction of sp³-hybridized carbons (Fsp3) is 0.500. The van der Waals surface area contributed by atoms with Gasteiger partial charge in [-0.15, -0.1) is 0 Å². The molecular formula is C12H15Cl2NO4S. The van der Waals surface area contributed by atoms with Gasteiger partial charge in [-0.2, -0.15) is 0 Å². The molecule has 1 aromatic rings. The third kappa shape index (κ3) is 3.84. The Hall–Kier alpha value is -0.370. The van der Waals surface area contributed by atoms with Gasteiger partial charge < -0.3 is 9.47 Å². The normalized spacial score (nSPS) is 22.1. The summed E-state index contributed by atoms with van der Waals surface area (Å²) in [7, 11) is -3.65. The highest BCUT2D eigenvalue weighted by molar-refractivity contribution is 7.89. The Bertz CT molecular complexity index is 603. The van der Waals surface area contributed by atoms with Crippen molar-refractivity contribution in [2.45, 2.75) is 30.6 Å². The van der Waals surface area contributed by atoms with Gasteiger partial charge >= 0.3 is 0 Å². The lowest BCUT2D eigenvalue weighted by Crippen LogP contribution is -2.34. The minimum Gasteiger partial charge on any atom is -0.348 e. The molecule has 1 aromatic carbocycles. The third-order valence-electron chi connectivity index (χ3n) is 2.77. The standard InChI is InChI=1S/C12H15Cl2NO4S/c1-12(2)18-7-8(19-12)6-15-20(16,17)9-3-4-10(13)11(14)5-9/h3-5,8,15H,6-7H2,1-2H3. The van der Waals surface area contributed by atoms with Gasteiger partial charge in [0.15, 0.2) is 5.79 Å². The van der Waals surface area contributed by atoms with E-state index in [4.69, 9.17) is 32.7 Å². The Morgan fingerprint density at radius 2 is 2.05 bits per heavy atom. The molecule has 1 aliphatic rings. The molecule has 1 fully saturated rings. The van der Waals surface area contributed by atoms with Crippen LogP contribution >= 0.6 is 23.2 Å². The number of sulfonamides is 1. The van der Waals surface area contributed by atoms with E-state index in [-0.39, 0.29) is 22.6 Å². The molecule has 112 valence electrons. The lowest BCUT2D eigenvalue weighted by Gasteiger charge is -2.17. The van der Waals surface area contributed by atoms with Crippen molar-refractivity contribution in [1.29, 1.82) is 0 Å². The number of benzene rings is 1. The van der Waals surface area contributed by atoms with Crippen molar-refractivity contribution in [3.63, 3.8) is 0 Å².